The number of carbonyl (C=O) groups excluding carboxylic acids is 2. The van der Waals surface area contributed by atoms with Gasteiger partial charge in [-0.05, 0) is 51.5 Å². The fourth-order valence-electron chi connectivity index (χ4n) is 3.27. The minimum Gasteiger partial charge on any atom is -0.350 e. The van der Waals surface area contributed by atoms with Gasteiger partial charge in [-0.15, -0.1) is 0 Å². The highest BCUT2D eigenvalue weighted by molar-refractivity contribution is 7.92. The fraction of sp³-hybridized carbons (Fsp3) is 0.391. The Bertz CT molecular complexity index is 1260. The summed E-state index contributed by atoms with van der Waals surface area (Å²) in [5.74, 6) is -1.15. The second kappa shape index (κ2) is 11.4. The lowest BCUT2D eigenvalue weighted by molar-refractivity contribution is -0.384. The van der Waals surface area contributed by atoms with Gasteiger partial charge < -0.3 is 10.2 Å². The topological polar surface area (TPSA) is 130 Å². The average Bonchev–Trinajstić information content (AvgIpc) is 2.75. The van der Waals surface area contributed by atoms with Crippen molar-refractivity contribution in [2.75, 3.05) is 17.1 Å². The third-order valence-corrected chi connectivity index (χ3v) is 6.89. The quantitative estimate of drug-likeness (QED) is 0.365. The van der Waals surface area contributed by atoms with Gasteiger partial charge in [-0.1, -0.05) is 35.3 Å². The molecule has 2 aromatic carbocycles. The van der Waals surface area contributed by atoms with Crippen LogP contribution in [0.2, 0.25) is 10.0 Å². The molecule has 0 aliphatic rings. The highest BCUT2D eigenvalue weighted by Gasteiger charge is 2.31. The van der Waals surface area contributed by atoms with Gasteiger partial charge in [0, 0.05) is 24.2 Å². The molecule has 0 bridgehead atoms. The molecule has 0 fully saturated rings. The van der Waals surface area contributed by atoms with E-state index in [0.29, 0.717) is 10.6 Å². The van der Waals surface area contributed by atoms with E-state index >= 15 is 0 Å². The summed E-state index contributed by atoms with van der Waals surface area (Å²) < 4.78 is 25.9. The second-order valence-electron chi connectivity index (χ2n) is 9.23. The third kappa shape index (κ3) is 8.07. The number of sulfonamides is 1. The van der Waals surface area contributed by atoms with E-state index in [1.165, 1.54) is 30.0 Å². The van der Waals surface area contributed by atoms with Crippen molar-refractivity contribution < 1.29 is 22.9 Å². The Balaban J connectivity index is 2.47. The largest absolute Gasteiger partial charge is 0.350 e. The minimum atomic E-state index is -4.02. The van der Waals surface area contributed by atoms with Crippen LogP contribution in [0.3, 0.4) is 0 Å². The highest BCUT2D eigenvalue weighted by Crippen LogP contribution is 2.26. The van der Waals surface area contributed by atoms with Crippen LogP contribution in [0, 0.1) is 10.1 Å². The minimum absolute atomic E-state index is 0.0543. The van der Waals surface area contributed by atoms with Crippen molar-refractivity contribution in [2.45, 2.75) is 45.8 Å². The monoisotopic (exact) mass is 558 g/mol. The van der Waals surface area contributed by atoms with E-state index in [-0.39, 0.29) is 22.9 Å². The van der Waals surface area contributed by atoms with Gasteiger partial charge in [-0.2, -0.15) is 0 Å². The van der Waals surface area contributed by atoms with Crippen molar-refractivity contribution in [3.8, 4) is 0 Å². The van der Waals surface area contributed by atoms with Crippen LogP contribution in [0.5, 0.6) is 0 Å². The maximum Gasteiger partial charge on any atom is 0.271 e. The van der Waals surface area contributed by atoms with Gasteiger partial charge in [0.2, 0.25) is 21.8 Å². The molecule has 2 rings (SSSR count). The summed E-state index contributed by atoms with van der Waals surface area (Å²) in [7, 11) is -4.02. The molecule has 1 N–H and O–H groups in total. The van der Waals surface area contributed by atoms with Gasteiger partial charge in [-0.3, -0.25) is 24.0 Å². The number of benzene rings is 2. The maximum atomic E-state index is 13.5. The lowest BCUT2D eigenvalue weighted by Gasteiger charge is -2.33. The van der Waals surface area contributed by atoms with E-state index in [4.69, 9.17) is 23.2 Å². The Morgan fingerprint density at radius 3 is 2.28 bits per heavy atom. The molecule has 0 heterocycles. The molecule has 0 saturated heterocycles. The van der Waals surface area contributed by atoms with Crippen LogP contribution < -0.4 is 9.62 Å². The summed E-state index contributed by atoms with van der Waals surface area (Å²) in [6.07, 6.45) is 0.887. The summed E-state index contributed by atoms with van der Waals surface area (Å²) in [5.41, 5.74) is -0.402. The number of nitro benzene ring substituents is 1. The zero-order valence-corrected chi connectivity index (χ0v) is 22.8. The molecule has 0 aliphatic carbocycles. The Hall–Kier alpha value is -2.89. The van der Waals surface area contributed by atoms with Crippen molar-refractivity contribution in [3.63, 3.8) is 0 Å². The maximum absolute atomic E-state index is 13.5. The van der Waals surface area contributed by atoms with E-state index in [1.54, 1.807) is 39.0 Å². The van der Waals surface area contributed by atoms with Crippen LogP contribution in [-0.4, -0.2) is 54.4 Å². The van der Waals surface area contributed by atoms with Crippen LogP contribution in [0.1, 0.15) is 33.3 Å². The number of amides is 2. The molecular formula is C23H28Cl2N4O6S. The Morgan fingerprint density at radius 1 is 1.11 bits per heavy atom. The van der Waals surface area contributed by atoms with Crippen molar-refractivity contribution in [2.24, 2.45) is 0 Å². The number of nitrogens with one attached hydrogen (secondary N) is 1. The predicted octanol–water partition coefficient (Wildman–Crippen LogP) is 4.00. The van der Waals surface area contributed by atoms with Crippen molar-refractivity contribution in [3.05, 3.63) is 68.2 Å². The molecule has 0 aliphatic heterocycles. The summed E-state index contributed by atoms with van der Waals surface area (Å²) in [4.78, 5) is 38.2. The van der Waals surface area contributed by atoms with Gasteiger partial charge in [0.25, 0.3) is 5.69 Å². The lowest BCUT2D eigenvalue weighted by atomic mass is 10.1. The zero-order valence-electron chi connectivity index (χ0n) is 20.5. The Kier molecular flexibility index (Phi) is 9.33. The predicted molar refractivity (Wildman–Crippen MR) is 140 cm³/mol. The smallest absolute Gasteiger partial charge is 0.271 e. The van der Waals surface area contributed by atoms with Crippen LogP contribution in [0.25, 0.3) is 0 Å². The van der Waals surface area contributed by atoms with E-state index in [2.05, 4.69) is 5.32 Å². The normalized spacial score (nSPS) is 12.5. The summed E-state index contributed by atoms with van der Waals surface area (Å²) in [5, 5.41) is 14.6. The fourth-order valence-corrected chi connectivity index (χ4v) is 4.43. The molecule has 196 valence electrons. The van der Waals surface area contributed by atoms with Gasteiger partial charge in [0.05, 0.1) is 26.9 Å². The van der Waals surface area contributed by atoms with Gasteiger partial charge in [0.15, 0.2) is 0 Å². The van der Waals surface area contributed by atoms with Crippen LogP contribution in [0.4, 0.5) is 11.4 Å². The first kappa shape index (κ1) is 29.3. The number of halogens is 2. The number of hydrogen-bond acceptors (Lipinski definition) is 6. The first-order chi connectivity index (χ1) is 16.5. The van der Waals surface area contributed by atoms with Crippen LogP contribution in [-0.2, 0) is 26.2 Å². The Morgan fingerprint density at radius 2 is 1.75 bits per heavy atom. The molecule has 0 saturated carbocycles. The first-order valence-corrected chi connectivity index (χ1v) is 13.4. The van der Waals surface area contributed by atoms with Crippen LogP contribution in [0.15, 0.2) is 42.5 Å². The number of hydrogen-bond donors (Lipinski definition) is 1. The van der Waals surface area contributed by atoms with Crippen LogP contribution >= 0.6 is 23.2 Å². The molecule has 1 atom stereocenters. The van der Waals surface area contributed by atoms with E-state index in [1.807, 2.05) is 0 Å². The molecule has 0 aromatic heterocycles. The number of anilines is 1. The van der Waals surface area contributed by atoms with Crippen molar-refractivity contribution in [1.29, 1.82) is 0 Å². The summed E-state index contributed by atoms with van der Waals surface area (Å²) in [6.45, 7) is 6.13. The van der Waals surface area contributed by atoms with Gasteiger partial charge in [0.1, 0.15) is 12.6 Å². The molecule has 2 aromatic rings. The Labute approximate surface area is 220 Å². The summed E-state index contributed by atoms with van der Waals surface area (Å²) in [6, 6.07) is 8.69. The molecule has 0 spiro atoms. The van der Waals surface area contributed by atoms with E-state index in [9.17, 15) is 28.1 Å². The molecule has 2 amide bonds. The molecule has 0 radical (unpaired) electrons. The van der Waals surface area contributed by atoms with Crippen molar-refractivity contribution in [1.82, 2.24) is 10.2 Å². The molecule has 10 nitrogen and oxygen atoms in total. The summed E-state index contributed by atoms with van der Waals surface area (Å²) >= 11 is 12.1. The average molecular weight is 559 g/mol. The van der Waals surface area contributed by atoms with E-state index < -0.39 is 44.9 Å². The number of nitrogens with zero attached hydrogens (tertiary/aromatic N) is 3. The number of non-ortho nitro benzene ring substituents is 1. The standard InChI is InChI=1S/C23H28Cl2N4O6S/c1-15(22(31)26-23(2,3)4)27(13-16-9-10-19(24)20(25)11-16)21(30)14-28(36(5,34)35)17-7-6-8-18(12-17)29(32)33/h6-12,15H,13-14H2,1-5H3,(H,26,31)/t15-/m1/s1. The van der Waals surface area contributed by atoms with Gasteiger partial charge >= 0.3 is 0 Å². The molecule has 36 heavy (non-hydrogen) atoms. The molecule has 13 heteroatoms. The second-order valence-corrected chi connectivity index (χ2v) is 12.0. The molecular weight excluding hydrogens is 531 g/mol. The number of nitro groups is 1. The first-order valence-electron chi connectivity index (χ1n) is 10.8. The zero-order chi connectivity index (χ0) is 27.4. The molecule has 0 unspecified atom stereocenters. The third-order valence-electron chi connectivity index (χ3n) is 5.01. The lowest BCUT2D eigenvalue weighted by Crippen LogP contribution is -2.54. The number of rotatable bonds is 9. The highest BCUT2D eigenvalue weighted by atomic mass is 35.5. The number of carbonyl (C=O) groups is 2. The van der Waals surface area contributed by atoms with Gasteiger partial charge in [-0.25, -0.2) is 8.42 Å². The SMILES string of the molecule is C[C@H](C(=O)NC(C)(C)C)N(Cc1ccc(Cl)c(Cl)c1)C(=O)CN(c1cccc([N+](=O)[O-])c1)S(C)(=O)=O. The van der Waals surface area contributed by atoms with Crippen molar-refractivity contribution >= 4 is 56.4 Å². The van der Waals surface area contributed by atoms with E-state index in [0.717, 1.165) is 16.6 Å².